The highest BCUT2D eigenvalue weighted by molar-refractivity contribution is 5.74. The van der Waals surface area contributed by atoms with Crippen LogP contribution in [0.5, 0.6) is 5.75 Å². The summed E-state index contributed by atoms with van der Waals surface area (Å²) in [7, 11) is 0. The molecule has 4 heteroatoms. The van der Waals surface area contributed by atoms with Crippen molar-refractivity contribution in [1.82, 2.24) is 10.6 Å². The van der Waals surface area contributed by atoms with Gasteiger partial charge in [-0.1, -0.05) is 26.0 Å². The molecule has 0 aliphatic heterocycles. The third kappa shape index (κ3) is 6.45. The van der Waals surface area contributed by atoms with E-state index in [0.717, 1.165) is 5.75 Å². The van der Waals surface area contributed by atoms with E-state index in [1.54, 1.807) is 0 Å². The maximum atomic E-state index is 11.5. The van der Waals surface area contributed by atoms with Gasteiger partial charge in [-0.05, 0) is 44.4 Å². The van der Waals surface area contributed by atoms with Crippen LogP contribution in [0.15, 0.2) is 24.3 Å². The highest BCUT2D eigenvalue weighted by Gasteiger charge is 2.12. The molecule has 4 nitrogen and oxygen atoms in total. The minimum absolute atomic E-state index is 0.169. The zero-order valence-corrected chi connectivity index (χ0v) is 13.1. The summed E-state index contributed by atoms with van der Waals surface area (Å²) < 4.78 is 5.63. The van der Waals surface area contributed by atoms with Gasteiger partial charge in [-0.25, -0.2) is 4.79 Å². The average molecular weight is 278 g/mol. The summed E-state index contributed by atoms with van der Waals surface area (Å²) in [5, 5.41) is 5.61. The number of benzene rings is 1. The Morgan fingerprint density at radius 2 is 2.00 bits per heavy atom. The van der Waals surface area contributed by atoms with Gasteiger partial charge in [0.15, 0.2) is 0 Å². The Morgan fingerprint density at radius 3 is 2.60 bits per heavy atom. The number of hydrogen-bond acceptors (Lipinski definition) is 2. The fourth-order valence-corrected chi connectivity index (χ4v) is 1.68. The van der Waals surface area contributed by atoms with E-state index in [4.69, 9.17) is 4.74 Å². The number of hydrogen-bond donors (Lipinski definition) is 2. The molecule has 2 N–H and O–H groups in total. The van der Waals surface area contributed by atoms with Gasteiger partial charge < -0.3 is 15.4 Å². The van der Waals surface area contributed by atoms with Gasteiger partial charge in [-0.2, -0.15) is 0 Å². The first-order valence-corrected chi connectivity index (χ1v) is 7.07. The molecule has 0 aliphatic carbocycles. The van der Waals surface area contributed by atoms with E-state index in [1.165, 1.54) is 5.56 Å². The third-order valence-corrected chi connectivity index (χ3v) is 2.67. The van der Waals surface area contributed by atoms with Crippen LogP contribution < -0.4 is 15.4 Å². The summed E-state index contributed by atoms with van der Waals surface area (Å²) in [4.78, 5) is 11.5. The van der Waals surface area contributed by atoms with Crippen molar-refractivity contribution in [3.05, 3.63) is 29.8 Å². The molecule has 2 amide bonds. The molecular weight excluding hydrogens is 252 g/mol. The molecule has 20 heavy (non-hydrogen) atoms. The Morgan fingerprint density at radius 1 is 1.30 bits per heavy atom. The first-order valence-electron chi connectivity index (χ1n) is 7.07. The van der Waals surface area contributed by atoms with Gasteiger partial charge in [0, 0.05) is 5.54 Å². The summed E-state index contributed by atoms with van der Waals surface area (Å²) in [6.07, 6.45) is 0. The predicted molar refractivity (Wildman–Crippen MR) is 82.3 cm³/mol. The molecule has 0 unspecified atom stereocenters. The van der Waals surface area contributed by atoms with Gasteiger partial charge >= 0.3 is 6.03 Å². The second-order valence-electron chi connectivity index (χ2n) is 6.21. The Balaban J connectivity index is 2.31. The van der Waals surface area contributed by atoms with Crippen LogP contribution in [-0.4, -0.2) is 24.7 Å². The number of carbonyl (C=O) groups is 1. The van der Waals surface area contributed by atoms with E-state index in [0.29, 0.717) is 19.1 Å². The average Bonchev–Trinajstić information content (AvgIpc) is 2.33. The van der Waals surface area contributed by atoms with Crippen molar-refractivity contribution in [3.8, 4) is 5.75 Å². The zero-order valence-electron chi connectivity index (χ0n) is 13.1. The topological polar surface area (TPSA) is 50.4 Å². The number of carbonyl (C=O) groups excluding carboxylic acids is 1. The van der Waals surface area contributed by atoms with E-state index < -0.39 is 0 Å². The van der Waals surface area contributed by atoms with Gasteiger partial charge in [0.1, 0.15) is 12.4 Å². The lowest BCUT2D eigenvalue weighted by molar-refractivity contribution is 0.228. The van der Waals surface area contributed by atoms with Gasteiger partial charge in [0.05, 0.1) is 6.54 Å². The van der Waals surface area contributed by atoms with Crippen LogP contribution in [0.2, 0.25) is 0 Å². The Kier molecular flexibility index (Phi) is 5.86. The molecule has 112 valence electrons. The van der Waals surface area contributed by atoms with Crippen molar-refractivity contribution >= 4 is 6.03 Å². The normalized spacial score (nSPS) is 11.3. The molecule has 0 saturated carbocycles. The van der Waals surface area contributed by atoms with E-state index in [-0.39, 0.29) is 11.6 Å². The molecule has 0 spiro atoms. The standard InChI is InChI=1S/C16H26N2O2/c1-12(2)13-7-6-8-14(11-13)20-10-9-17-15(19)18-16(3,4)5/h6-8,11-12H,9-10H2,1-5H3,(H2,17,18,19). The van der Waals surface area contributed by atoms with Gasteiger partial charge in [0.25, 0.3) is 0 Å². The Hall–Kier alpha value is -1.71. The smallest absolute Gasteiger partial charge is 0.315 e. The quantitative estimate of drug-likeness (QED) is 0.812. The number of nitrogens with one attached hydrogen (secondary N) is 2. The predicted octanol–water partition coefficient (Wildman–Crippen LogP) is 3.29. The second-order valence-corrected chi connectivity index (χ2v) is 6.21. The largest absolute Gasteiger partial charge is 0.492 e. The molecule has 1 aromatic rings. The first-order chi connectivity index (χ1) is 9.28. The SMILES string of the molecule is CC(C)c1cccc(OCCNC(=O)NC(C)(C)C)c1. The van der Waals surface area contributed by atoms with Crippen molar-refractivity contribution in [2.45, 2.75) is 46.1 Å². The highest BCUT2D eigenvalue weighted by atomic mass is 16.5. The van der Waals surface area contributed by atoms with Gasteiger partial charge in [0.2, 0.25) is 0 Å². The van der Waals surface area contributed by atoms with Crippen LogP contribution >= 0.6 is 0 Å². The molecule has 0 aliphatic rings. The molecule has 0 atom stereocenters. The molecular formula is C16H26N2O2. The van der Waals surface area contributed by atoms with Crippen LogP contribution in [0.1, 0.15) is 46.1 Å². The van der Waals surface area contributed by atoms with Crippen LogP contribution in [0.25, 0.3) is 0 Å². The lowest BCUT2D eigenvalue weighted by Crippen LogP contribution is -2.47. The van der Waals surface area contributed by atoms with Crippen LogP contribution in [0, 0.1) is 0 Å². The molecule has 0 saturated heterocycles. The van der Waals surface area contributed by atoms with Crippen molar-refractivity contribution in [2.75, 3.05) is 13.2 Å². The summed E-state index contributed by atoms with van der Waals surface area (Å²) >= 11 is 0. The minimum Gasteiger partial charge on any atom is -0.492 e. The number of rotatable bonds is 5. The van der Waals surface area contributed by atoms with Crippen LogP contribution in [0.4, 0.5) is 4.79 Å². The first kappa shape index (κ1) is 16.3. The third-order valence-electron chi connectivity index (χ3n) is 2.67. The van der Waals surface area contributed by atoms with Gasteiger partial charge in [-0.3, -0.25) is 0 Å². The number of urea groups is 1. The molecule has 0 heterocycles. The molecule has 1 rings (SSSR count). The second kappa shape index (κ2) is 7.17. The van der Waals surface area contributed by atoms with Crippen molar-refractivity contribution in [2.24, 2.45) is 0 Å². The maximum absolute atomic E-state index is 11.5. The highest BCUT2D eigenvalue weighted by Crippen LogP contribution is 2.19. The molecule has 0 fully saturated rings. The van der Waals surface area contributed by atoms with E-state index in [9.17, 15) is 4.79 Å². The van der Waals surface area contributed by atoms with Crippen LogP contribution in [0.3, 0.4) is 0 Å². The van der Waals surface area contributed by atoms with E-state index in [1.807, 2.05) is 39.0 Å². The lowest BCUT2D eigenvalue weighted by Gasteiger charge is -2.20. The molecule has 0 bridgehead atoms. The summed E-state index contributed by atoms with van der Waals surface area (Å²) in [6, 6.07) is 7.88. The number of ether oxygens (including phenoxy) is 1. The van der Waals surface area contributed by atoms with Crippen molar-refractivity contribution in [3.63, 3.8) is 0 Å². The number of amides is 2. The van der Waals surface area contributed by atoms with Crippen molar-refractivity contribution in [1.29, 1.82) is 0 Å². The summed E-state index contributed by atoms with van der Waals surface area (Å²) in [5.41, 5.74) is 1.03. The molecule has 0 radical (unpaired) electrons. The van der Waals surface area contributed by atoms with Crippen LogP contribution in [-0.2, 0) is 0 Å². The zero-order chi connectivity index (χ0) is 15.2. The summed E-state index contributed by atoms with van der Waals surface area (Å²) in [6.45, 7) is 11.1. The fourth-order valence-electron chi connectivity index (χ4n) is 1.68. The van der Waals surface area contributed by atoms with E-state index in [2.05, 4.69) is 30.5 Å². The Labute approximate surface area is 121 Å². The minimum atomic E-state index is -0.226. The summed E-state index contributed by atoms with van der Waals surface area (Å²) in [5.74, 6) is 1.32. The fraction of sp³-hybridized carbons (Fsp3) is 0.562. The molecule has 0 aromatic heterocycles. The Bertz CT molecular complexity index is 436. The lowest BCUT2D eigenvalue weighted by atomic mass is 10.0. The maximum Gasteiger partial charge on any atom is 0.315 e. The van der Waals surface area contributed by atoms with Gasteiger partial charge in [-0.15, -0.1) is 0 Å². The monoisotopic (exact) mass is 278 g/mol. The molecule has 1 aromatic carbocycles. The van der Waals surface area contributed by atoms with Crippen molar-refractivity contribution < 1.29 is 9.53 Å². The van der Waals surface area contributed by atoms with E-state index >= 15 is 0 Å².